The second-order valence-corrected chi connectivity index (χ2v) is 2.36. The van der Waals surface area contributed by atoms with Crippen LogP contribution in [0.3, 0.4) is 0 Å². The molecule has 1 N–H and O–H groups in total. The van der Waals surface area contributed by atoms with Crippen molar-refractivity contribution in [2.75, 3.05) is 0 Å². The maximum absolute atomic E-state index is 12.8. The molecule has 0 atom stereocenters. The van der Waals surface area contributed by atoms with Crippen molar-refractivity contribution < 1.29 is 9.41 Å². The molecule has 4 heteroatoms. The van der Waals surface area contributed by atoms with Crippen molar-refractivity contribution in [3.8, 4) is 6.07 Å². The Morgan fingerprint density at radius 3 is 2.92 bits per heavy atom. The molecular weight excluding hydrogens is 168 g/mol. The van der Waals surface area contributed by atoms with E-state index in [0.717, 1.165) is 7.48 Å². The first-order valence-electron chi connectivity index (χ1n) is 3.61. The van der Waals surface area contributed by atoms with Gasteiger partial charge < -0.3 is 5.02 Å². The molecule has 0 aliphatic rings. The number of halogens is 1. The molecule has 63 valence electrons. The van der Waals surface area contributed by atoms with Crippen molar-refractivity contribution in [2.24, 2.45) is 0 Å². The van der Waals surface area contributed by atoms with Crippen molar-refractivity contribution in [3.05, 3.63) is 41.1 Å². The summed E-state index contributed by atoms with van der Waals surface area (Å²) in [7, 11) is 0.870. The van der Waals surface area contributed by atoms with E-state index in [4.69, 9.17) is 10.3 Å². The van der Waals surface area contributed by atoms with Crippen LogP contribution in [0.15, 0.2) is 24.2 Å². The Hall–Kier alpha value is -1.60. The van der Waals surface area contributed by atoms with Crippen LogP contribution >= 0.6 is 0 Å². The summed E-state index contributed by atoms with van der Waals surface area (Å²) >= 11 is 0. The van der Waals surface area contributed by atoms with Gasteiger partial charge in [-0.2, -0.15) is 5.26 Å². The largest absolute Gasteiger partial charge is 0.450 e. The molecule has 0 amide bonds. The van der Waals surface area contributed by atoms with Crippen LogP contribution in [-0.2, 0) is 0 Å². The summed E-state index contributed by atoms with van der Waals surface area (Å²) < 4.78 is 12.8. The minimum Gasteiger partial charge on any atom is -0.450 e. The smallest absolute Gasteiger partial charge is 0.318 e. The van der Waals surface area contributed by atoms with Crippen LogP contribution in [0.2, 0.25) is 0 Å². The third-order valence-corrected chi connectivity index (χ3v) is 1.49. The number of benzene rings is 1. The maximum Gasteiger partial charge on any atom is 0.318 e. The predicted octanol–water partition coefficient (Wildman–Crippen LogP) is 1.28. The molecule has 0 heterocycles. The van der Waals surface area contributed by atoms with Crippen molar-refractivity contribution >= 4 is 13.6 Å². The summed E-state index contributed by atoms with van der Waals surface area (Å²) in [5, 5.41) is 16.9. The highest BCUT2D eigenvalue weighted by Crippen LogP contribution is 2.10. The van der Waals surface area contributed by atoms with Crippen molar-refractivity contribution in [1.29, 1.82) is 5.26 Å². The van der Waals surface area contributed by atoms with E-state index in [1.807, 2.05) is 0 Å². The highest BCUT2D eigenvalue weighted by atomic mass is 19.1. The molecule has 1 radical (unpaired) electrons. The zero-order valence-electron chi connectivity index (χ0n) is 6.74. The van der Waals surface area contributed by atoms with Gasteiger partial charge in [-0.05, 0) is 17.7 Å². The lowest BCUT2D eigenvalue weighted by Gasteiger charge is -1.95. The molecular formula is C9H6BFNO. The van der Waals surface area contributed by atoms with Crippen LogP contribution in [0, 0.1) is 17.1 Å². The van der Waals surface area contributed by atoms with E-state index in [9.17, 15) is 4.39 Å². The Balaban J connectivity index is 3.01. The molecule has 2 nitrogen and oxygen atoms in total. The highest BCUT2D eigenvalue weighted by Gasteiger charge is 1.99. The molecule has 0 saturated carbocycles. The standard InChI is InChI=1S/C9H6BFNO/c11-9-2-1-7(3-4-10-13)5-8(9)6-12/h1-5,13H/b4-3+. The van der Waals surface area contributed by atoms with Crippen LogP contribution in [0.4, 0.5) is 4.39 Å². The van der Waals surface area contributed by atoms with E-state index in [0.29, 0.717) is 5.56 Å². The molecule has 0 bridgehead atoms. The SMILES string of the molecule is N#Cc1cc(/C=C/[B]O)ccc1F. The second-order valence-electron chi connectivity index (χ2n) is 2.36. The van der Waals surface area contributed by atoms with Crippen LogP contribution in [0.5, 0.6) is 0 Å². The average molecular weight is 174 g/mol. The Bertz CT molecular complexity index is 370. The number of nitrogens with zero attached hydrogens (tertiary/aromatic N) is 1. The van der Waals surface area contributed by atoms with Gasteiger partial charge >= 0.3 is 7.48 Å². The first-order valence-corrected chi connectivity index (χ1v) is 3.61. The summed E-state index contributed by atoms with van der Waals surface area (Å²) in [5.74, 6) is 0.863. The van der Waals surface area contributed by atoms with Gasteiger partial charge in [0, 0.05) is 0 Å². The molecule has 0 aliphatic carbocycles. The molecule has 0 saturated heterocycles. The van der Waals surface area contributed by atoms with Gasteiger partial charge in [0.2, 0.25) is 0 Å². The lowest BCUT2D eigenvalue weighted by Crippen LogP contribution is -1.85. The number of hydrogen-bond acceptors (Lipinski definition) is 2. The molecule has 0 aromatic heterocycles. The van der Waals surface area contributed by atoms with Gasteiger partial charge in [0.15, 0.2) is 0 Å². The predicted molar refractivity (Wildman–Crippen MR) is 48.1 cm³/mol. The Morgan fingerprint density at radius 2 is 2.31 bits per heavy atom. The van der Waals surface area contributed by atoms with Crippen LogP contribution in [-0.4, -0.2) is 12.5 Å². The molecule has 1 rings (SSSR count). The van der Waals surface area contributed by atoms with Crippen molar-refractivity contribution in [2.45, 2.75) is 0 Å². The molecule has 13 heavy (non-hydrogen) atoms. The maximum atomic E-state index is 12.8. The van der Waals surface area contributed by atoms with E-state index >= 15 is 0 Å². The Labute approximate surface area is 76.2 Å². The lowest BCUT2D eigenvalue weighted by atomic mass is 10.00. The van der Waals surface area contributed by atoms with Gasteiger partial charge in [-0.1, -0.05) is 18.1 Å². The number of rotatable bonds is 2. The summed E-state index contributed by atoms with van der Waals surface area (Å²) in [6.07, 6.45) is 1.57. The summed E-state index contributed by atoms with van der Waals surface area (Å²) in [6.45, 7) is 0. The van der Waals surface area contributed by atoms with Crippen molar-refractivity contribution in [1.82, 2.24) is 0 Å². The minimum atomic E-state index is -0.535. The zero-order chi connectivity index (χ0) is 9.68. The fourth-order valence-corrected chi connectivity index (χ4v) is 0.886. The molecule has 1 aromatic carbocycles. The monoisotopic (exact) mass is 174 g/mol. The normalized spacial score (nSPS) is 9.92. The summed E-state index contributed by atoms with van der Waals surface area (Å²) in [5.41, 5.74) is 0.670. The summed E-state index contributed by atoms with van der Waals surface area (Å²) in [4.78, 5) is 0. The van der Waals surface area contributed by atoms with Gasteiger partial charge in [-0.3, -0.25) is 0 Å². The first kappa shape index (κ1) is 9.49. The van der Waals surface area contributed by atoms with E-state index in [-0.39, 0.29) is 5.56 Å². The quantitative estimate of drug-likeness (QED) is 0.686. The van der Waals surface area contributed by atoms with Gasteiger partial charge in [0.1, 0.15) is 11.9 Å². The molecule has 1 aromatic rings. The fourth-order valence-electron chi connectivity index (χ4n) is 0.886. The molecule has 0 aliphatic heterocycles. The second kappa shape index (κ2) is 4.44. The van der Waals surface area contributed by atoms with Crippen LogP contribution < -0.4 is 0 Å². The fraction of sp³-hybridized carbons (Fsp3) is 0. The van der Waals surface area contributed by atoms with Crippen LogP contribution in [0.25, 0.3) is 6.08 Å². The van der Waals surface area contributed by atoms with E-state index in [1.165, 1.54) is 24.2 Å². The zero-order valence-corrected chi connectivity index (χ0v) is 6.74. The summed E-state index contributed by atoms with van der Waals surface area (Å²) in [6, 6.07) is 5.88. The number of hydrogen-bond donors (Lipinski definition) is 1. The third kappa shape index (κ3) is 2.43. The Morgan fingerprint density at radius 1 is 1.54 bits per heavy atom. The third-order valence-electron chi connectivity index (χ3n) is 1.49. The number of nitriles is 1. The van der Waals surface area contributed by atoms with Crippen LogP contribution in [0.1, 0.15) is 11.1 Å². The average Bonchev–Trinajstić information content (AvgIpc) is 2.16. The highest BCUT2D eigenvalue weighted by molar-refractivity contribution is 6.34. The van der Waals surface area contributed by atoms with Gasteiger partial charge in [0.05, 0.1) is 5.56 Å². The molecule has 0 spiro atoms. The molecule has 0 unspecified atom stereocenters. The lowest BCUT2D eigenvalue weighted by molar-refractivity contribution is 0.615. The van der Waals surface area contributed by atoms with Gasteiger partial charge in [-0.25, -0.2) is 4.39 Å². The van der Waals surface area contributed by atoms with E-state index in [1.54, 1.807) is 12.1 Å². The van der Waals surface area contributed by atoms with Gasteiger partial charge in [0.25, 0.3) is 0 Å². The Kier molecular flexibility index (Phi) is 3.24. The first-order chi connectivity index (χ1) is 6.27. The molecule has 0 fully saturated rings. The topological polar surface area (TPSA) is 44.0 Å². The minimum absolute atomic E-state index is 0.0000831. The van der Waals surface area contributed by atoms with Gasteiger partial charge in [-0.15, -0.1) is 0 Å². The van der Waals surface area contributed by atoms with E-state index in [2.05, 4.69) is 0 Å². The van der Waals surface area contributed by atoms with Crippen molar-refractivity contribution in [3.63, 3.8) is 0 Å². The van der Waals surface area contributed by atoms with E-state index < -0.39 is 5.82 Å².